The second-order valence-corrected chi connectivity index (χ2v) is 10.3. The Kier molecular flexibility index (Phi) is 11.9. The maximum absolute atomic E-state index is 13.5. The van der Waals surface area contributed by atoms with E-state index in [0.29, 0.717) is 17.5 Å². The number of benzene rings is 2. The predicted molar refractivity (Wildman–Crippen MR) is 149 cm³/mol. The molecular formula is C29H40N4O7. The van der Waals surface area contributed by atoms with Crippen molar-refractivity contribution in [3.8, 4) is 11.5 Å². The number of aliphatic carboxylic acids is 1. The fourth-order valence-electron chi connectivity index (χ4n) is 3.93. The maximum atomic E-state index is 13.5. The quantitative estimate of drug-likeness (QED) is 0.182. The first-order valence-electron chi connectivity index (χ1n) is 13.3. The van der Waals surface area contributed by atoms with Crippen LogP contribution in [0.2, 0.25) is 0 Å². The topological polar surface area (TPSA) is 191 Å². The minimum absolute atomic E-state index is 0.0301. The van der Waals surface area contributed by atoms with Crippen molar-refractivity contribution in [2.24, 2.45) is 17.6 Å². The van der Waals surface area contributed by atoms with Gasteiger partial charge in [-0.2, -0.15) is 0 Å². The van der Waals surface area contributed by atoms with Gasteiger partial charge in [-0.1, -0.05) is 58.4 Å². The molecule has 0 aliphatic heterocycles. The molecule has 0 radical (unpaired) electrons. The first-order chi connectivity index (χ1) is 18.8. The van der Waals surface area contributed by atoms with Crippen molar-refractivity contribution >= 4 is 23.7 Å². The summed E-state index contributed by atoms with van der Waals surface area (Å²) >= 11 is 0. The van der Waals surface area contributed by atoms with E-state index >= 15 is 0 Å². The molecular weight excluding hydrogens is 516 g/mol. The summed E-state index contributed by atoms with van der Waals surface area (Å²) in [5.74, 6) is -3.57. The monoisotopic (exact) mass is 556 g/mol. The van der Waals surface area contributed by atoms with Gasteiger partial charge < -0.3 is 37.0 Å². The number of carboxylic acids is 1. The fourth-order valence-corrected chi connectivity index (χ4v) is 3.93. The summed E-state index contributed by atoms with van der Waals surface area (Å²) in [5.41, 5.74) is 7.23. The van der Waals surface area contributed by atoms with E-state index in [9.17, 15) is 34.5 Å². The highest BCUT2D eigenvalue weighted by Crippen LogP contribution is 2.15. The van der Waals surface area contributed by atoms with E-state index in [0.717, 1.165) is 0 Å². The molecule has 0 spiro atoms. The summed E-state index contributed by atoms with van der Waals surface area (Å²) in [6.07, 6.45) is 0.534. The average Bonchev–Trinajstić information content (AvgIpc) is 2.91. The first-order valence-corrected chi connectivity index (χ1v) is 13.3. The standard InChI is InChI=1S/C29H40N4O7/c1-5-17(4)25(28(38)32-23(29(39)40)15-19-8-12-21(35)13-9-19)33-26(36)22(31-27(37)24(30)16(2)3)14-18-6-10-20(34)11-7-18/h6-13,16-17,22-25,34-35H,5,14-15,30H2,1-4H3,(H,31,37)(H,32,38)(H,33,36)(H,39,40). The molecule has 0 aliphatic rings. The summed E-state index contributed by atoms with van der Waals surface area (Å²) in [6, 6.07) is 7.80. The molecule has 2 aromatic rings. The SMILES string of the molecule is CCC(C)C(NC(=O)C(Cc1ccc(O)cc1)NC(=O)C(N)C(C)C)C(=O)NC(Cc1ccc(O)cc1)C(=O)O. The van der Waals surface area contributed by atoms with Crippen molar-refractivity contribution in [1.82, 2.24) is 16.0 Å². The Balaban J connectivity index is 2.26. The molecule has 0 aromatic heterocycles. The van der Waals surface area contributed by atoms with Gasteiger partial charge >= 0.3 is 5.97 Å². The Morgan fingerprint density at radius 3 is 1.60 bits per heavy atom. The smallest absolute Gasteiger partial charge is 0.326 e. The number of nitrogens with one attached hydrogen (secondary N) is 3. The Morgan fingerprint density at radius 2 is 1.18 bits per heavy atom. The van der Waals surface area contributed by atoms with Crippen LogP contribution in [-0.2, 0) is 32.0 Å². The predicted octanol–water partition coefficient (Wildman–Crippen LogP) is 1.45. The van der Waals surface area contributed by atoms with E-state index < -0.39 is 47.9 Å². The Bertz CT molecular complexity index is 1150. The van der Waals surface area contributed by atoms with Gasteiger partial charge in [-0.15, -0.1) is 0 Å². The van der Waals surface area contributed by atoms with Gasteiger partial charge in [0.05, 0.1) is 6.04 Å². The minimum Gasteiger partial charge on any atom is -0.508 e. The number of rotatable bonds is 14. The lowest BCUT2D eigenvalue weighted by molar-refractivity contribution is -0.142. The van der Waals surface area contributed by atoms with Crippen LogP contribution in [0.5, 0.6) is 11.5 Å². The molecule has 11 heteroatoms. The molecule has 0 saturated heterocycles. The number of amides is 3. The van der Waals surface area contributed by atoms with Crippen LogP contribution in [0.3, 0.4) is 0 Å². The van der Waals surface area contributed by atoms with Gasteiger partial charge in [0, 0.05) is 12.8 Å². The third-order valence-electron chi connectivity index (χ3n) is 6.81. The molecule has 0 bridgehead atoms. The number of carboxylic acid groups (broad SMARTS) is 1. The lowest BCUT2D eigenvalue weighted by Crippen LogP contribution is -2.59. The maximum Gasteiger partial charge on any atom is 0.326 e. The molecule has 5 unspecified atom stereocenters. The molecule has 5 atom stereocenters. The lowest BCUT2D eigenvalue weighted by atomic mass is 9.96. The zero-order chi connectivity index (χ0) is 30.0. The van der Waals surface area contributed by atoms with Crippen molar-refractivity contribution in [3.63, 3.8) is 0 Å². The molecule has 0 saturated carbocycles. The van der Waals surface area contributed by atoms with Gasteiger partial charge in [-0.25, -0.2) is 4.79 Å². The number of aromatic hydroxyl groups is 2. The first kappa shape index (κ1) is 32.1. The molecule has 8 N–H and O–H groups in total. The molecule has 2 aromatic carbocycles. The number of phenols is 2. The molecule has 0 aliphatic carbocycles. The van der Waals surface area contributed by atoms with Crippen molar-refractivity contribution < 1.29 is 34.5 Å². The van der Waals surface area contributed by atoms with Crippen LogP contribution in [0.4, 0.5) is 0 Å². The minimum atomic E-state index is -1.28. The van der Waals surface area contributed by atoms with Crippen LogP contribution in [0.25, 0.3) is 0 Å². The molecule has 0 heterocycles. The molecule has 3 amide bonds. The van der Waals surface area contributed by atoms with E-state index in [1.807, 2.05) is 6.92 Å². The Labute approximate surface area is 234 Å². The lowest BCUT2D eigenvalue weighted by Gasteiger charge is -2.28. The highest BCUT2D eigenvalue weighted by atomic mass is 16.4. The number of phenolic OH excluding ortho intramolecular Hbond substituents is 2. The summed E-state index contributed by atoms with van der Waals surface area (Å²) in [6.45, 7) is 7.14. The molecule has 0 fully saturated rings. The van der Waals surface area contributed by atoms with Crippen molar-refractivity contribution in [2.45, 2.75) is 71.1 Å². The van der Waals surface area contributed by atoms with Gasteiger partial charge in [0.2, 0.25) is 17.7 Å². The average molecular weight is 557 g/mol. The highest BCUT2D eigenvalue weighted by molar-refractivity contribution is 5.94. The fraction of sp³-hybridized carbons (Fsp3) is 0.448. The van der Waals surface area contributed by atoms with E-state index in [1.54, 1.807) is 45.0 Å². The van der Waals surface area contributed by atoms with Crippen LogP contribution in [0, 0.1) is 11.8 Å². The largest absolute Gasteiger partial charge is 0.508 e. The third kappa shape index (κ3) is 9.57. The van der Waals surface area contributed by atoms with Crippen LogP contribution in [-0.4, -0.2) is 63.2 Å². The van der Waals surface area contributed by atoms with Crippen molar-refractivity contribution in [1.29, 1.82) is 0 Å². The zero-order valence-electron chi connectivity index (χ0n) is 23.3. The van der Waals surface area contributed by atoms with Gasteiger partial charge in [0.1, 0.15) is 29.6 Å². The Morgan fingerprint density at radius 1 is 0.725 bits per heavy atom. The van der Waals surface area contributed by atoms with Crippen LogP contribution in [0.1, 0.15) is 45.2 Å². The zero-order valence-corrected chi connectivity index (χ0v) is 23.3. The normalized spacial score (nSPS) is 14.8. The summed E-state index contributed by atoms with van der Waals surface area (Å²) < 4.78 is 0. The van der Waals surface area contributed by atoms with Gasteiger partial charge in [0.25, 0.3) is 0 Å². The number of hydrogen-bond donors (Lipinski definition) is 7. The number of hydrogen-bond acceptors (Lipinski definition) is 7. The second kappa shape index (κ2) is 14.9. The van der Waals surface area contributed by atoms with Crippen molar-refractivity contribution in [2.75, 3.05) is 0 Å². The molecule has 218 valence electrons. The number of carbonyl (C=O) groups excluding carboxylic acids is 3. The van der Waals surface area contributed by atoms with Crippen molar-refractivity contribution in [3.05, 3.63) is 59.7 Å². The molecule has 2 rings (SSSR count). The molecule has 11 nitrogen and oxygen atoms in total. The van der Waals surface area contributed by atoms with Crippen LogP contribution < -0.4 is 21.7 Å². The van der Waals surface area contributed by atoms with E-state index in [2.05, 4.69) is 16.0 Å². The van der Waals surface area contributed by atoms with Gasteiger partial charge in [-0.3, -0.25) is 14.4 Å². The highest BCUT2D eigenvalue weighted by Gasteiger charge is 2.33. The number of carbonyl (C=O) groups is 4. The number of nitrogens with two attached hydrogens (primary N) is 1. The van der Waals surface area contributed by atoms with Gasteiger partial charge in [0.15, 0.2) is 0 Å². The van der Waals surface area contributed by atoms with Crippen LogP contribution >= 0.6 is 0 Å². The van der Waals surface area contributed by atoms with E-state index in [-0.39, 0.29) is 36.2 Å². The summed E-state index contributed by atoms with van der Waals surface area (Å²) in [7, 11) is 0. The van der Waals surface area contributed by atoms with Crippen LogP contribution in [0.15, 0.2) is 48.5 Å². The molecule has 40 heavy (non-hydrogen) atoms. The Hall–Kier alpha value is -4.12. The third-order valence-corrected chi connectivity index (χ3v) is 6.81. The second-order valence-electron chi connectivity index (χ2n) is 10.3. The van der Waals surface area contributed by atoms with Gasteiger partial charge in [-0.05, 0) is 47.2 Å². The summed E-state index contributed by atoms with van der Waals surface area (Å²) in [4.78, 5) is 51.5. The van der Waals surface area contributed by atoms with E-state index in [1.165, 1.54) is 24.3 Å². The van der Waals surface area contributed by atoms with E-state index in [4.69, 9.17) is 5.73 Å². The summed E-state index contributed by atoms with van der Waals surface area (Å²) in [5, 5.41) is 36.7.